The number of benzene rings is 2. The molecule has 3 N–H and O–H groups in total. The minimum absolute atomic E-state index is 0.194. The van der Waals surface area contributed by atoms with Crippen LogP contribution >= 0.6 is 0 Å². The monoisotopic (exact) mass is 509 g/mol. The first kappa shape index (κ1) is 25.4. The molecule has 0 fully saturated rings. The zero-order valence-corrected chi connectivity index (χ0v) is 19.5. The van der Waals surface area contributed by atoms with E-state index in [1.807, 2.05) is 0 Å². The van der Waals surface area contributed by atoms with Crippen LogP contribution in [0.5, 0.6) is 0 Å². The van der Waals surface area contributed by atoms with Gasteiger partial charge >= 0.3 is 18.2 Å². The molecule has 2 aromatic carbocycles. The van der Waals surface area contributed by atoms with Crippen molar-refractivity contribution in [3.8, 4) is 22.4 Å². The summed E-state index contributed by atoms with van der Waals surface area (Å²) in [6, 6.07) is 13.0. The Balaban J connectivity index is 1.60. The van der Waals surface area contributed by atoms with Crippen LogP contribution < -0.4 is 10.6 Å². The summed E-state index contributed by atoms with van der Waals surface area (Å²) < 4.78 is 39.7. The number of nitrogens with one attached hydrogen (secondary N) is 2. The number of hydrogen-bond acceptors (Lipinski definition) is 4. The number of amides is 2. The standard InChI is InChI=1S/C26H22F3N5O3/c1-2-22(24(35)36)34-15-21(16-10-12-30-13-11-16)23(33-34)17-4-3-5-20(14-17)32-25(37)31-19-8-6-18(7-9-19)26(27,28)29/h3-15,22H,2H2,1H3,(H,35,36)(H2,31,32,37). The van der Waals surface area contributed by atoms with Gasteiger partial charge < -0.3 is 15.7 Å². The smallest absolute Gasteiger partial charge is 0.416 e. The molecule has 1 atom stereocenters. The van der Waals surface area contributed by atoms with Crippen LogP contribution in [0.2, 0.25) is 0 Å². The average molecular weight is 509 g/mol. The van der Waals surface area contributed by atoms with Gasteiger partial charge in [-0.25, -0.2) is 9.59 Å². The number of alkyl halides is 3. The maximum Gasteiger partial charge on any atom is 0.416 e. The molecule has 0 saturated carbocycles. The summed E-state index contributed by atoms with van der Waals surface area (Å²) in [5.41, 5.74) is 2.39. The molecular formula is C26H22F3N5O3. The summed E-state index contributed by atoms with van der Waals surface area (Å²) in [5, 5.41) is 19.3. The normalized spacial score (nSPS) is 12.1. The highest BCUT2D eigenvalue weighted by Gasteiger charge is 2.30. The number of carbonyl (C=O) groups excluding carboxylic acids is 1. The lowest BCUT2D eigenvalue weighted by Gasteiger charge is -2.11. The van der Waals surface area contributed by atoms with E-state index in [4.69, 9.17) is 0 Å². The van der Waals surface area contributed by atoms with Crippen LogP contribution in [0.1, 0.15) is 24.9 Å². The van der Waals surface area contributed by atoms with Crippen molar-refractivity contribution in [1.29, 1.82) is 0 Å². The highest BCUT2D eigenvalue weighted by atomic mass is 19.4. The van der Waals surface area contributed by atoms with E-state index < -0.39 is 29.8 Å². The van der Waals surface area contributed by atoms with Gasteiger partial charge in [0.2, 0.25) is 0 Å². The molecule has 0 aliphatic heterocycles. The van der Waals surface area contributed by atoms with Gasteiger partial charge in [-0.3, -0.25) is 9.67 Å². The van der Waals surface area contributed by atoms with Crippen LogP contribution in [-0.2, 0) is 11.0 Å². The minimum atomic E-state index is -4.47. The molecule has 4 aromatic rings. The number of carboxylic acids is 1. The Bertz CT molecular complexity index is 1400. The van der Waals surface area contributed by atoms with Crippen LogP contribution in [0.4, 0.5) is 29.3 Å². The number of halogens is 3. The molecule has 0 radical (unpaired) electrons. The molecule has 8 nitrogen and oxygen atoms in total. The Kier molecular flexibility index (Phi) is 7.23. The third-order valence-electron chi connectivity index (χ3n) is 5.58. The van der Waals surface area contributed by atoms with Crippen molar-refractivity contribution in [3.05, 3.63) is 84.8 Å². The second-order valence-electron chi connectivity index (χ2n) is 8.10. The van der Waals surface area contributed by atoms with Crippen molar-refractivity contribution in [1.82, 2.24) is 14.8 Å². The molecule has 4 rings (SSSR count). The van der Waals surface area contributed by atoms with Gasteiger partial charge in [0.15, 0.2) is 0 Å². The van der Waals surface area contributed by atoms with Crippen LogP contribution in [0.3, 0.4) is 0 Å². The van der Waals surface area contributed by atoms with Crippen molar-refractivity contribution in [3.63, 3.8) is 0 Å². The summed E-state index contributed by atoms with van der Waals surface area (Å²) in [6.45, 7) is 1.76. The Morgan fingerprint density at radius 2 is 1.65 bits per heavy atom. The van der Waals surface area contributed by atoms with Gasteiger partial charge in [-0.2, -0.15) is 18.3 Å². The van der Waals surface area contributed by atoms with Crippen LogP contribution in [0, 0.1) is 0 Å². The molecule has 2 heterocycles. The maximum atomic E-state index is 12.8. The largest absolute Gasteiger partial charge is 0.480 e. The number of rotatable bonds is 7. The molecule has 2 amide bonds. The topological polar surface area (TPSA) is 109 Å². The van der Waals surface area contributed by atoms with Crippen molar-refractivity contribution in [2.24, 2.45) is 0 Å². The van der Waals surface area contributed by atoms with Crippen LogP contribution in [0.15, 0.2) is 79.3 Å². The lowest BCUT2D eigenvalue weighted by molar-refractivity contribution is -0.141. The second kappa shape index (κ2) is 10.5. The zero-order valence-electron chi connectivity index (χ0n) is 19.5. The van der Waals surface area contributed by atoms with E-state index in [0.717, 1.165) is 17.7 Å². The Morgan fingerprint density at radius 3 is 2.27 bits per heavy atom. The lowest BCUT2D eigenvalue weighted by atomic mass is 10.0. The number of carbonyl (C=O) groups is 2. The molecule has 0 bridgehead atoms. The fourth-order valence-electron chi connectivity index (χ4n) is 3.76. The van der Waals surface area contributed by atoms with Gasteiger partial charge in [-0.15, -0.1) is 0 Å². The number of carboxylic acid groups (broad SMARTS) is 1. The predicted octanol–water partition coefficient (Wildman–Crippen LogP) is 6.31. The molecule has 0 aliphatic carbocycles. The summed E-state index contributed by atoms with van der Waals surface area (Å²) in [6.07, 6.45) is 0.774. The highest BCUT2D eigenvalue weighted by molar-refractivity contribution is 6.00. The van der Waals surface area contributed by atoms with Crippen molar-refractivity contribution >= 4 is 23.4 Å². The molecule has 2 aromatic heterocycles. The highest BCUT2D eigenvalue weighted by Crippen LogP contribution is 2.34. The van der Waals surface area contributed by atoms with E-state index in [9.17, 15) is 27.9 Å². The second-order valence-corrected chi connectivity index (χ2v) is 8.10. The van der Waals surface area contributed by atoms with E-state index in [2.05, 4.69) is 20.7 Å². The number of hydrogen-bond donors (Lipinski definition) is 3. The number of aliphatic carboxylic acids is 1. The molecule has 1 unspecified atom stereocenters. The number of nitrogens with zero attached hydrogens (tertiary/aromatic N) is 3. The van der Waals surface area contributed by atoms with Gasteiger partial charge in [0.05, 0.1) is 5.56 Å². The quantitative estimate of drug-likeness (QED) is 0.271. The van der Waals surface area contributed by atoms with Gasteiger partial charge in [-0.1, -0.05) is 19.1 Å². The van der Waals surface area contributed by atoms with E-state index in [1.165, 1.54) is 16.8 Å². The van der Waals surface area contributed by atoms with Crippen molar-refractivity contribution in [2.75, 3.05) is 10.6 Å². The zero-order chi connectivity index (χ0) is 26.6. The van der Waals surface area contributed by atoms with E-state index >= 15 is 0 Å². The van der Waals surface area contributed by atoms with E-state index in [-0.39, 0.29) is 5.69 Å². The van der Waals surface area contributed by atoms with Crippen molar-refractivity contribution in [2.45, 2.75) is 25.6 Å². The molecule has 37 heavy (non-hydrogen) atoms. The number of pyridine rings is 1. The summed E-state index contributed by atoms with van der Waals surface area (Å²) >= 11 is 0. The number of anilines is 2. The Labute approximate surface area is 209 Å². The molecule has 190 valence electrons. The average Bonchev–Trinajstić information content (AvgIpc) is 3.30. The summed E-state index contributed by atoms with van der Waals surface area (Å²) in [4.78, 5) is 28.2. The van der Waals surface area contributed by atoms with Crippen molar-refractivity contribution < 1.29 is 27.9 Å². The molecule has 0 saturated heterocycles. The van der Waals surface area contributed by atoms with E-state index in [0.29, 0.717) is 28.9 Å². The van der Waals surface area contributed by atoms with Crippen LogP contribution in [0.25, 0.3) is 22.4 Å². The lowest BCUT2D eigenvalue weighted by Crippen LogP contribution is -2.19. The molecule has 0 spiro atoms. The first-order valence-electron chi connectivity index (χ1n) is 11.2. The molecule has 11 heteroatoms. The SMILES string of the molecule is CCC(C(=O)O)n1cc(-c2ccncc2)c(-c2cccc(NC(=O)Nc3ccc(C(F)(F)F)cc3)c2)n1. The van der Waals surface area contributed by atoms with Gasteiger partial charge in [0.25, 0.3) is 0 Å². The van der Waals surface area contributed by atoms with Crippen LogP contribution in [-0.4, -0.2) is 31.9 Å². The summed E-state index contributed by atoms with van der Waals surface area (Å²) in [5.74, 6) is -1.01. The summed E-state index contributed by atoms with van der Waals surface area (Å²) in [7, 11) is 0. The van der Waals surface area contributed by atoms with E-state index in [1.54, 1.807) is 61.9 Å². The molecular weight excluding hydrogens is 487 g/mol. The fraction of sp³-hybridized carbons (Fsp3) is 0.154. The number of urea groups is 1. The Morgan fingerprint density at radius 1 is 0.973 bits per heavy atom. The van der Waals surface area contributed by atoms with Gasteiger partial charge in [0, 0.05) is 41.1 Å². The predicted molar refractivity (Wildman–Crippen MR) is 132 cm³/mol. The first-order chi connectivity index (χ1) is 17.7. The maximum absolute atomic E-state index is 12.8. The third-order valence-corrected chi connectivity index (χ3v) is 5.58. The number of aromatic nitrogens is 3. The van der Waals surface area contributed by atoms with Gasteiger partial charge in [-0.05, 0) is 60.5 Å². The van der Waals surface area contributed by atoms with Gasteiger partial charge in [0.1, 0.15) is 11.7 Å². The fourth-order valence-corrected chi connectivity index (χ4v) is 3.76. The Hall–Kier alpha value is -4.67. The third kappa shape index (κ3) is 5.95. The minimum Gasteiger partial charge on any atom is -0.480 e. The first-order valence-corrected chi connectivity index (χ1v) is 11.2. The molecule has 0 aliphatic rings.